The summed E-state index contributed by atoms with van der Waals surface area (Å²) in [6.45, 7) is 8.65. The number of hydrogen-bond acceptors (Lipinski definition) is 6. The topological polar surface area (TPSA) is 65.1 Å². The molecular formula is C13H27NO5. The second-order valence-corrected chi connectivity index (χ2v) is 3.62. The van der Waals surface area contributed by atoms with E-state index in [4.69, 9.17) is 14.3 Å². The van der Waals surface area contributed by atoms with Gasteiger partial charge in [-0.2, -0.15) is 0 Å². The summed E-state index contributed by atoms with van der Waals surface area (Å²) in [7, 11) is 3.36. The molecule has 1 rings (SSSR count). The molecule has 0 amide bonds. The maximum atomic E-state index is 10.9. The summed E-state index contributed by atoms with van der Waals surface area (Å²) in [5.41, 5.74) is 0. The minimum absolute atomic E-state index is 0.0896. The van der Waals surface area contributed by atoms with E-state index in [2.05, 4.69) is 9.64 Å². The second-order valence-electron chi connectivity index (χ2n) is 3.62. The Morgan fingerprint density at radius 1 is 1.42 bits per heavy atom. The van der Waals surface area contributed by atoms with Gasteiger partial charge in [0.1, 0.15) is 6.61 Å². The number of rotatable bonds is 5. The van der Waals surface area contributed by atoms with Crippen molar-refractivity contribution < 1.29 is 23.8 Å². The maximum absolute atomic E-state index is 10.9. The van der Waals surface area contributed by atoms with Crippen LogP contribution in [0.5, 0.6) is 0 Å². The van der Waals surface area contributed by atoms with E-state index in [0.717, 1.165) is 19.5 Å². The number of hydrogen-bond donors (Lipinski definition) is 0. The monoisotopic (exact) mass is 277 g/mol. The Morgan fingerprint density at radius 2 is 2.00 bits per heavy atom. The Hall–Kier alpha value is -1.14. The molecule has 0 aromatic rings. The van der Waals surface area contributed by atoms with Gasteiger partial charge in [-0.3, -0.25) is 4.79 Å². The molecule has 0 saturated carbocycles. The quantitative estimate of drug-likeness (QED) is 0.553. The van der Waals surface area contributed by atoms with Crippen molar-refractivity contribution >= 4 is 12.4 Å². The van der Waals surface area contributed by atoms with E-state index in [-0.39, 0.29) is 18.7 Å². The van der Waals surface area contributed by atoms with Crippen molar-refractivity contribution in [2.75, 3.05) is 40.5 Å². The lowest BCUT2D eigenvalue weighted by molar-refractivity contribution is -0.150. The average molecular weight is 277 g/mol. The third-order valence-electron chi connectivity index (χ3n) is 2.19. The van der Waals surface area contributed by atoms with Crippen molar-refractivity contribution in [2.24, 2.45) is 0 Å². The highest BCUT2D eigenvalue weighted by Crippen LogP contribution is 2.09. The molecule has 1 heterocycles. The normalized spacial score (nSPS) is 17.4. The summed E-state index contributed by atoms with van der Waals surface area (Å²) in [6.07, 6.45) is 1.21. The first kappa shape index (κ1) is 20.2. The fourth-order valence-electron chi connectivity index (χ4n) is 1.42. The van der Waals surface area contributed by atoms with Crippen LogP contribution >= 0.6 is 0 Å². The third-order valence-corrected chi connectivity index (χ3v) is 2.19. The summed E-state index contributed by atoms with van der Waals surface area (Å²) in [6, 6.07) is 0. The molecule has 6 heteroatoms. The van der Waals surface area contributed by atoms with Gasteiger partial charge in [-0.05, 0) is 20.4 Å². The molecule has 19 heavy (non-hydrogen) atoms. The molecule has 0 N–H and O–H groups in total. The molecule has 1 aliphatic rings. The number of likely N-dealkylation sites (N-methyl/N-ethyl adjacent to an activating group) is 1. The number of likely N-dealkylation sites (tertiary alicyclic amines) is 1. The van der Waals surface area contributed by atoms with Crippen molar-refractivity contribution in [3.63, 3.8) is 0 Å². The van der Waals surface area contributed by atoms with Crippen LogP contribution in [0.2, 0.25) is 0 Å². The highest BCUT2D eigenvalue weighted by Gasteiger charge is 2.20. The summed E-state index contributed by atoms with van der Waals surface area (Å²) >= 11 is 0. The minimum atomic E-state index is -0.267. The van der Waals surface area contributed by atoms with Gasteiger partial charge >= 0.3 is 5.97 Å². The van der Waals surface area contributed by atoms with E-state index >= 15 is 0 Å². The Balaban J connectivity index is 0. The number of nitrogens with zero attached hydrogens (tertiary/aromatic N) is 1. The standard InChI is InChI=1S/C9H17NO3.C2H4O2.C2H6/c1-3-12-9(11)7-13-8-4-5-10(2)6-8;1-4-2-3;1-2/h8H,3-7H2,1-2H3;2H,1H3;1-2H3. The molecular weight excluding hydrogens is 250 g/mol. The molecule has 1 fully saturated rings. The van der Waals surface area contributed by atoms with E-state index in [1.54, 1.807) is 6.92 Å². The van der Waals surface area contributed by atoms with Crippen LogP contribution in [-0.4, -0.2) is 63.9 Å². The molecule has 1 unspecified atom stereocenters. The Kier molecular flexibility index (Phi) is 15.8. The van der Waals surface area contributed by atoms with Gasteiger partial charge in [0.15, 0.2) is 0 Å². The summed E-state index contributed by atoms with van der Waals surface area (Å²) in [5, 5.41) is 0. The zero-order chi connectivity index (χ0) is 15.1. The first-order chi connectivity index (χ1) is 9.13. The van der Waals surface area contributed by atoms with Gasteiger partial charge in [0, 0.05) is 13.1 Å². The van der Waals surface area contributed by atoms with Crippen LogP contribution in [0.1, 0.15) is 27.2 Å². The SMILES string of the molecule is CC.CCOC(=O)COC1CCN(C)C1.COC=O. The van der Waals surface area contributed by atoms with Crippen LogP contribution in [0.15, 0.2) is 0 Å². The zero-order valence-electron chi connectivity index (χ0n) is 12.7. The lowest BCUT2D eigenvalue weighted by Gasteiger charge is -2.10. The molecule has 0 radical (unpaired) electrons. The number of esters is 1. The number of carbonyl (C=O) groups is 2. The molecule has 1 saturated heterocycles. The predicted octanol–water partition coefficient (Wildman–Crippen LogP) is 1.09. The second kappa shape index (κ2) is 14.9. The first-order valence-corrected chi connectivity index (χ1v) is 6.56. The van der Waals surface area contributed by atoms with Gasteiger partial charge < -0.3 is 19.1 Å². The van der Waals surface area contributed by atoms with Crippen LogP contribution in [0.25, 0.3) is 0 Å². The van der Waals surface area contributed by atoms with Crippen molar-refractivity contribution in [1.29, 1.82) is 0 Å². The molecule has 1 aliphatic heterocycles. The number of carbonyl (C=O) groups excluding carboxylic acids is 2. The molecule has 6 nitrogen and oxygen atoms in total. The van der Waals surface area contributed by atoms with E-state index < -0.39 is 0 Å². The predicted molar refractivity (Wildman–Crippen MR) is 72.9 cm³/mol. The van der Waals surface area contributed by atoms with Crippen molar-refractivity contribution in [3.05, 3.63) is 0 Å². The number of ether oxygens (including phenoxy) is 3. The fraction of sp³-hybridized carbons (Fsp3) is 0.846. The van der Waals surface area contributed by atoms with E-state index in [1.807, 2.05) is 20.9 Å². The van der Waals surface area contributed by atoms with Gasteiger partial charge in [0.2, 0.25) is 0 Å². The van der Waals surface area contributed by atoms with Crippen molar-refractivity contribution in [1.82, 2.24) is 4.90 Å². The van der Waals surface area contributed by atoms with Crippen LogP contribution < -0.4 is 0 Å². The summed E-state index contributed by atoms with van der Waals surface area (Å²) in [4.78, 5) is 22.1. The number of methoxy groups -OCH3 is 1. The summed E-state index contributed by atoms with van der Waals surface area (Å²) in [5.74, 6) is -0.267. The van der Waals surface area contributed by atoms with Gasteiger partial charge in [-0.1, -0.05) is 13.8 Å². The fourth-order valence-corrected chi connectivity index (χ4v) is 1.42. The Bertz CT molecular complexity index is 223. The third kappa shape index (κ3) is 13.1. The average Bonchev–Trinajstić information content (AvgIpc) is 2.85. The lowest BCUT2D eigenvalue weighted by Crippen LogP contribution is -2.23. The summed E-state index contributed by atoms with van der Waals surface area (Å²) < 4.78 is 14.0. The highest BCUT2D eigenvalue weighted by atomic mass is 16.6. The maximum Gasteiger partial charge on any atom is 0.332 e. The molecule has 114 valence electrons. The Morgan fingerprint density at radius 3 is 2.37 bits per heavy atom. The van der Waals surface area contributed by atoms with Gasteiger partial charge in [-0.25, -0.2) is 4.79 Å². The van der Waals surface area contributed by atoms with Gasteiger partial charge in [0.25, 0.3) is 6.47 Å². The molecule has 0 aromatic carbocycles. The van der Waals surface area contributed by atoms with Crippen LogP contribution in [0, 0.1) is 0 Å². The Labute approximate surface area is 116 Å². The van der Waals surface area contributed by atoms with Crippen molar-refractivity contribution in [2.45, 2.75) is 33.3 Å². The van der Waals surface area contributed by atoms with Crippen LogP contribution in [0.4, 0.5) is 0 Å². The molecule has 0 aliphatic carbocycles. The molecule has 0 bridgehead atoms. The molecule has 0 spiro atoms. The minimum Gasteiger partial charge on any atom is -0.471 e. The highest BCUT2D eigenvalue weighted by molar-refractivity contribution is 5.70. The largest absolute Gasteiger partial charge is 0.471 e. The first-order valence-electron chi connectivity index (χ1n) is 6.56. The van der Waals surface area contributed by atoms with E-state index in [9.17, 15) is 4.79 Å². The van der Waals surface area contributed by atoms with Crippen LogP contribution in [0.3, 0.4) is 0 Å². The molecule has 0 aromatic heterocycles. The van der Waals surface area contributed by atoms with E-state index in [1.165, 1.54) is 7.11 Å². The smallest absolute Gasteiger partial charge is 0.332 e. The van der Waals surface area contributed by atoms with Gasteiger partial charge in [-0.15, -0.1) is 0 Å². The van der Waals surface area contributed by atoms with Gasteiger partial charge in [0.05, 0.1) is 19.8 Å². The molecule has 1 atom stereocenters. The van der Waals surface area contributed by atoms with Crippen LogP contribution in [-0.2, 0) is 23.8 Å². The van der Waals surface area contributed by atoms with Crippen molar-refractivity contribution in [3.8, 4) is 0 Å². The van der Waals surface area contributed by atoms with E-state index in [0.29, 0.717) is 13.1 Å². The lowest BCUT2D eigenvalue weighted by atomic mass is 10.3. The zero-order valence-corrected chi connectivity index (χ0v) is 12.7.